The zero-order chi connectivity index (χ0) is 13.1. The Kier molecular flexibility index (Phi) is 4.19. The van der Waals surface area contributed by atoms with Gasteiger partial charge in [0, 0.05) is 13.2 Å². The summed E-state index contributed by atoms with van der Waals surface area (Å²) in [6.07, 6.45) is 0.552. The van der Waals surface area contributed by atoms with Crippen LogP contribution in [0.3, 0.4) is 0 Å². The molecular formula is C12H19NO5. The maximum Gasteiger partial charge on any atom is 0.334 e. The highest BCUT2D eigenvalue weighted by molar-refractivity contribution is 5.80. The first-order chi connectivity index (χ1) is 8.58. The molecular weight excluding hydrogens is 238 g/mol. The van der Waals surface area contributed by atoms with Crippen molar-refractivity contribution in [3.63, 3.8) is 0 Å². The zero-order valence-electron chi connectivity index (χ0n) is 10.5. The van der Waals surface area contributed by atoms with Crippen LogP contribution in [0.15, 0.2) is 0 Å². The number of hydrogen-bond acceptors (Lipinski definition) is 4. The monoisotopic (exact) mass is 257 g/mol. The van der Waals surface area contributed by atoms with Crippen molar-refractivity contribution in [1.29, 1.82) is 0 Å². The van der Waals surface area contributed by atoms with E-state index in [1.807, 2.05) is 0 Å². The predicted octanol–water partition coefficient (Wildman–Crippen LogP) is 0.114. The molecule has 2 heterocycles. The van der Waals surface area contributed by atoms with Crippen molar-refractivity contribution in [2.45, 2.75) is 32.0 Å². The number of carboxylic acids is 1. The summed E-state index contributed by atoms with van der Waals surface area (Å²) in [7, 11) is 0. The van der Waals surface area contributed by atoms with E-state index >= 15 is 0 Å². The highest BCUT2D eigenvalue weighted by Crippen LogP contribution is 2.20. The molecule has 2 aliphatic heterocycles. The van der Waals surface area contributed by atoms with Gasteiger partial charge in [-0.05, 0) is 19.8 Å². The van der Waals surface area contributed by atoms with Gasteiger partial charge in [-0.25, -0.2) is 4.79 Å². The first kappa shape index (κ1) is 13.3. The summed E-state index contributed by atoms with van der Waals surface area (Å²) in [4.78, 5) is 24.8. The fraction of sp³-hybridized carbons (Fsp3) is 0.833. The number of rotatable bonds is 2. The molecule has 3 atom stereocenters. The van der Waals surface area contributed by atoms with Crippen molar-refractivity contribution >= 4 is 11.9 Å². The zero-order valence-corrected chi connectivity index (χ0v) is 10.5. The van der Waals surface area contributed by atoms with Crippen LogP contribution < -0.4 is 0 Å². The maximum absolute atomic E-state index is 12.3. The molecule has 2 aliphatic rings. The molecule has 2 rings (SSSR count). The second-order valence-corrected chi connectivity index (χ2v) is 4.93. The molecule has 0 saturated carbocycles. The third kappa shape index (κ3) is 3.00. The van der Waals surface area contributed by atoms with E-state index < -0.39 is 12.1 Å². The number of amides is 1. The Bertz CT molecular complexity index is 326. The van der Waals surface area contributed by atoms with E-state index in [2.05, 4.69) is 0 Å². The molecule has 2 fully saturated rings. The average molecular weight is 257 g/mol. The van der Waals surface area contributed by atoms with E-state index in [4.69, 9.17) is 14.6 Å². The second-order valence-electron chi connectivity index (χ2n) is 4.93. The Morgan fingerprint density at radius 3 is 2.72 bits per heavy atom. The van der Waals surface area contributed by atoms with Crippen molar-refractivity contribution in [3.8, 4) is 0 Å². The molecule has 2 unspecified atom stereocenters. The van der Waals surface area contributed by atoms with Gasteiger partial charge in [-0.1, -0.05) is 0 Å². The van der Waals surface area contributed by atoms with Gasteiger partial charge in [0.15, 0.2) is 6.10 Å². The summed E-state index contributed by atoms with van der Waals surface area (Å²) in [5, 5.41) is 8.98. The fourth-order valence-corrected chi connectivity index (χ4v) is 2.46. The van der Waals surface area contributed by atoms with Crippen LogP contribution in [0.2, 0.25) is 0 Å². The summed E-state index contributed by atoms with van der Waals surface area (Å²) in [6, 6.07) is 0. The van der Waals surface area contributed by atoms with Crippen molar-refractivity contribution in [1.82, 2.24) is 4.90 Å². The molecule has 0 radical (unpaired) electrons. The fourth-order valence-electron chi connectivity index (χ4n) is 2.46. The largest absolute Gasteiger partial charge is 0.479 e. The summed E-state index contributed by atoms with van der Waals surface area (Å²) in [5.74, 6) is -1.14. The van der Waals surface area contributed by atoms with Gasteiger partial charge in [0.1, 0.15) is 0 Å². The van der Waals surface area contributed by atoms with E-state index in [9.17, 15) is 9.59 Å². The number of aliphatic carboxylic acids is 1. The van der Waals surface area contributed by atoms with Crippen LogP contribution in [0.25, 0.3) is 0 Å². The third-order valence-electron chi connectivity index (χ3n) is 3.36. The number of hydrogen-bond donors (Lipinski definition) is 1. The minimum Gasteiger partial charge on any atom is -0.479 e. The normalized spacial score (nSPS) is 33.2. The minimum absolute atomic E-state index is 0.00361. The van der Waals surface area contributed by atoms with Gasteiger partial charge in [-0.2, -0.15) is 0 Å². The highest BCUT2D eigenvalue weighted by Gasteiger charge is 2.35. The third-order valence-corrected chi connectivity index (χ3v) is 3.36. The molecule has 0 aromatic carbocycles. The summed E-state index contributed by atoms with van der Waals surface area (Å²) < 4.78 is 10.6. The quantitative estimate of drug-likeness (QED) is 0.760. The lowest BCUT2D eigenvalue weighted by molar-refractivity contribution is -0.169. The van der Waals surface area contributed by atoms with Crippen molar-refractivity contribution in [2.24, 2.45) is 5.92 Å². The molecule has 6 heteroatoms. The molecule has 0 aliphatic carbocycles. The van der Waals surface area contributed by atoms with E-state index in [0.717, 1.165) is 12.8 Å². The highest BCUT2D eigenvalue weighted by atomic mass is 16.5. The van der Waals surface area contributed by atoms with Crippen molar-refractivity contribution < 1.29 is 24.2 Å². The Morgan fingerprint density at radius 1 is 1.33 bits per heavy atom. The lowest BCUT2D eigenvalue weighted by Crippen LogP contribution is -2.53. The van der Waals surface area contributed by atoms with Crippen LogP contribution in [-0.2, 0) is 19.1 Å². The number of carboxylic acid groups (broad SMARTS) is 1. The Balaban J connectivity index is 1.98. The van der Waals surface area contributed by atoms with E-state index in [-0.39, 0.29) is 24.5 Å². The number of ether oxygens (including phenoxy) is 2. The maximum atomic E-state index is 12.3. The molecule has 2 saturated heterocycles. The first-order valence-electron chi connectivity index (χ1n) is 6.32. The lowest BCUT2D eigenvalue weighted by atomic mass is 10.00. The number of carbonyl (C=O) groups excluding carboxylic acids is 1. The molecule has 6 nitrogen and oxygen atoms in total. The van der Waals surface area contributed by atoms with Crippen LogP contribution in [-0.4, -0.2) is 60.4 Å². The van der Waals surface area contributed by atoms with Gasteiger partial charge in [0.05, 0.1) is 25.2 Å². The van der Waals surface area contributed by atoms with Gasteiger partial charge in [0.25, 0.3) is 0 Å². The van der Waals surface area contributed by atoms with Crippen molar-refractivity contribution in [3.05, 3.63) is 0 Å². The Morgan fingerprint density at radius 2 is 2.11 bits per heavy atom. The topological polar surface area (TPSA) is 76.1 Å². The SMILES string of the molecule is C[C@@H]1CN(C(=O)C2CCCOC2)CC(C(=O)O)O1. The van der Waals surface area contributed by atoms with Gasteiger partial charge < -0.3 is 19.5 Å². The average Bonchev–Trinajstić information content (AvgIpc) is 2.38. The van der Waals surface area contributed by atoms with Gasteiger partial charge in [-0.15, -0.1) is 0 Å². The molecule has 0 spiro atoms. The predicted molar refractivity (Wildman–Crippen MR) is 62.1 cm³/mol. The van der Waals surface area contributed by atoms with Gasteiger partial charge in [-0.3, -0.25) is 4.79 Å². The molecule has 1 amide bonds. The summed E-state index contributed by atoms with van der Waals surface area (Å²) in [5.41, 5.74) is 0. The number of nitrogens with zero attached hydrogens (tertiary/aromatic N) is 1. The Hall–Kier alpha value is -1.14. The molecule has 0 aromatic heterocycles. The Labute approximate surface area is 106 Å². The standard InChI is InChI=1S/C12H19NO5/c1-8-5-13(6-10(18-8)12(15)16)11(14)9-3-2-4-17-7-9/h8-10H,2-7H2,1H3,(H,15,16)/t8-,9?,10?/m1/s1. The second kappa shape index (κ2) is 5.67. The molecule has 18 heavy (non-hydrogen) atoms. The van der Waals surface area contributed by atoms with E-state index in [0.29, 0.717) is 19.8 Å². The summed E-state index contributed by atoms with van der Waals surface area (Å²) >= 11 is 0. The van der Waals surface area contributed by atoms with Crippen LogP contribution in [0.4, 0.5) is 0 Å². The van der Waals surface area contributed by atoms with Crippen LogP contribution in [0.5, 0.6) is 0 Å². The minimum atomic E-state index is -1.01. The smallest absolute Gasteiger partial charge is 0.334 e. The van der Waals surface area contributed by atoms with E-state index in [1.54, 1.807) is 11.8 Å². The van der Waals surface area contributed by atoms with Crippen LogP contribution in [0.1, 0.15) is 19.8 Å². The van der Waals surface area contributed by atoms with Gasteiger partial charge in [0.2, 0.25) is 5.91 Å². The lowest BCUT2D eigenvalue weighted by Gasteiger charge is -2.37. The molecule has 102 valence electrons. The molecule has 0 aromatic rings. The summed E-state index contributed by atoms with van der Waals surface area (Å²) in [6.45, 7) is 3.53. The number of morpholine rings is 1. The van der Waals surface area contributed by atoms with Crippen molar-refractivity contribution in [2.75, 3.05) is 26.3 Å². The van der Waals surface area contributed by atoms with Crippen LogP contribution >= 0.6 is 0 Å². The van der Waals surface area contributed by atoms with Gasteiger partial charge >= 0.3 is 5.97 Å². The van der Waals surface area contributed by atoms with Crippen LogP contribution in [0, 0.1) is 5.92 Å². The van der Waals surface area contributed by atoms with E-state index in [1.165, 1.54) is 0 Å². The number of carbonyl (C=O) groups is 2. The molecule has 0 bridgehead atoms. The molecule has 1 N–H and O–H groups in total. The first-order valence-corrected chi connectivity index (χ1v) is 6.32.